The lowest BCUT2D eigenvalue weighted by Gasteiger charge is -2.14. The fraction of sp³-hybridized carbons (Fsp3) is 0.226. The number of hydrogen-bond acceptors (Lipinski definition) is 12. The van der Waals surface area contributed by atoms with Crippen LogP contribution in [0, 0.1) is 13.8 Å². The number of rotatable bonds is 10. The summed E-state index contributed by atoms with van der Waals surface area (Å²) >= 11 is 6.62. The number of thioether (sulfide) groups is 4. The van der Waals surface area contributed by atoms with Gasteiger partial charge in [0.2, 0.25) is 20.6 Å². The van der Waals surface area contributed by atoms with Crippen LogP contribution in [0.2, 0.25) is 0 Å². The van der Waals surface area contributed by atoms with E-state index in [1.807, 2.05) is 67.5 Å². The first-order valence-electron chi connectivity index (χ1n) is 14.9. The molecular weight excluding hydrogens is 669 g/mol. The van der Waals surface area contributed by atoms with Crippen molar-refractivity contribution in [3.63, 3.8) is 0 Å². The summed E-state index contributed by atoms with van der Waals surface area (Å²) in [4.78, 5) is 0. The van der Waals surface area contributed by atoms with Gasteiger partial charge < -0.3 is 0 Å². The van der Waals surface area contributed by atoms with Crippen molar-refractivity contribution in [3.05, 3.63) is 95.6 Å². The standard InChI is InChI=1S/C31H28N12S4/c1-20-24(16-32-40(20)22-10-5-3-6-11-22)26-18-46-30-36-34-28(42(30)38-26)44-14-9-15-45-29-35-37-31-43(29)39-27(19-47-31)25-17-33-41(21(25)2)23-12-7-4-8-13-23/h3-8,10-13,16-17H,9,14-15,18-19H2,1-2H3. The lowest BCUT2D eigenvalue weighted by atomic mass is 10.2. The summed E-state index contributed by atoms with van der Waals surface area (Å²) in [7, 11) is 0. The second-order valence-corrected chi connectivity index (χ2v) is 14.7. The predicted octanol–water partition coefficient (Wildman–Crippen LogP) is 5.85. The van der Waals surface area contributed by atoms with Gasteiger partial charge in [-0.2, -0.15) is 29.8 Å². The van der Waals surface area contributed by atoms with Crippen LogP contribution < -0.4 is 0 Å². The van der Waals surface area contributed by atoms with E-state index in [2.05, 4.69) is 68.7 Å². The zero-order valence-corrected chi connectivity index (χ0v) is 28.7. The molecule has 6 aromatic rings. The molecule has 16 heteroatoms. The summed E-state index contributed by atoms with van der Waals surface area (Å²) in [5.41, 5.74) is 8.18. The monoisotopic (exact) mass is 696 g/mol. The third-order valence-corrected chi connectivity index (χ3v) is 11.6. The third-order valence-electron chi connectivity index (χ3n) is 7.68. The van der Waals surface area contributed by atoms with Gasteiger partial charge in [0.05, 0.1) is 46.6 Å². The van der Waals surface area contributed by atoms with Crippen LogP contribution in [0.5, 0.6) is 0 Å². The van der Waals surface area contributed by atoms with E-state index in [0.717, 1.165) is 95.4 Å². The molecule has 12 nitrogen and oxygen atoms in total. The summed E-state index contributed by atoms with van der Waals surface area (Å²) in [6.45, 7) is 4.16. The Hall–Kier alpha value is -4.12. The maximum atomic E-state index is 4.95. The SMILES string of the molecule is Cc1c(C2=Nn3c(SCCCSc4nnc5n4N=C(c4cnn(-c6ccccc6)c4C)CS5)nnc3SC2)cnn1-c1ccccc1. The minimum atomic E-state index is 0.723. The Balaban J connectivity index is 0.905. The molecule has 6 heterocycles. The first-order chi connectivity index (χ1) is 23.1. The summed E-state index contributed by atoms with van der Waals surface area (Å²) in [5, 5.41) is 40.0. The molecule has 0 radical (unpaired) electrons. The highest BCUT2D eigenvalue weighted by atomic mass is 32.2. The number of nitrogens with zero attached hydrogens (tertiary/aromatic N) is 12. The van der Waals surface area contributed by atoms with Gasteiger partial charge in [0.15, 0.2) is 0 Å². The number of hydrogen-bond donors (Lipinski definition) is 0. The largest absolute Gasteiger partial charge is 0.237 e. The molecule has 0 atom stereocenters. The van der Waals surface area contributed by atoms with Crippen molar-refractivity contribution in [2.75, 3.05) is 23.0 Å². The fourth-order valence-electron chi connectivity index (χ4n) is 5.29. The van der Waals surface area contributed by atoms with Gasteiger partial charge in [-0.25, -0.2) is 9.36 Å². The smallest absolute Gasteiger partial charge is 0.213 e. The van der Waals surface area contributed by atoms with E-state index in [-0.39, 0.29) is 0 Å². The Morgan fingerprint density at radius 2 is 1.06 bits per heavy atom. The lowest BCUT2D eigenvalue weighted by Crippen LogP contribution is -2.15. The summed E-state index contributed by atoms with van der Waals surface area (Å²) < 4.78 is 7.64. The van der Waals surface area contributed by atoms with Crippen LogP contribution in [0.4, 0.5) is 0 Å². The van der Waals surface area contributed by atoms with Crippen molar-refractivity contribution in [2.45, 2.75) is 40.9 Å². The second kappa shape index (κ2) is 13.2. The molecule has 0 fully saturated rings. The number of aromatic nitrogens is 10. The van der Waals surface area contributed by atoms with E-state index in [4.69, 9.17) is 10.2 Å². The molecule has 2 aliphatic rings. The van der Waals surface area contributed by atoms with Crippen molar-refractivity contribution in [1.29, 1.82) is 0 Å². The number of benzene rings is 2. The van der Waals surface area contributed by atoms with E-state index < -0.39 is 0 Å². The van der Waals surface area contributed by atoms with Gasteiger partial charge in [0.1, 0.15) is 0 Å². The second-order valence-electron chi connectivity index (χ2n) is 10.7. The molecule has 4 aromatic heterocycles. The highest BCUT2D eigenvalue weighted by Crippen LogP contribution is 2.32. The first-order valence-corrected chi connectivity index (χ1v) is 18.9. The molecule has 236 valence electrons. The first kappa shape index (κ1) is 30.2. The van der Waals surface area contributed by atoms with Crippen LogP contribution in [0.3, 0.4) is 0 Å². The molecular formula is C31H28N12S4. The van der Waals surface area contributed by atoms with Gasteiger partial charge in [-0.05, 0) is 44.5 Å². The zero-order chi connectivity index (χ0) is 31.7. The number of fused-ring (bicyclic) bond motifs is 2. The van der Waals surface area contributed by atoms with Crippen LogP contribution in [-0.4, -0.2) is 83.7 Å². The predicted molar refractivity (Wildman–Crippen MR) is 188 cm³/mol. The van der Waals surface area contributed by atoms with Crippen molar-refractivity contribution < 1.29 is 0 Å². The van der Waals surface area contributed by atoms with Gasteiger partial charge in [-0.15, -0.1) is 20.4 Å². The molecule has 0 aliphatic carbocycles. The summed E-state index contributed by atoms with van der Waals surface area (Å²) in [6, 6.07) is 20.3. The van der Waals surface area contributed by atoms with Crippen molar-refractivity contribution in [1.82, 2.24) is 49.3 Å². The summed E-state index contributed by atoms with van der Waals surface area (Å²) in [5.74, 6) is 3.18. The minimum absolute atomic E-state index is 0.723. The van der Waals surface area contributed by atoms with Crippen molar-refractivity contribution >= 4 is 58.5 Å². The molecule has 0 saturated heterocycles. The van der Waals surface area contributed by atoms with E-state index in [1.165, 1.54) is 0 Å². The van der Waals surface area contributed by atoms with E-state index >= 15 is 0 Å². The molecule has 0 unspecified atom stereocenters. The Bertz CT molecular complexity index is 1960. The van der Waals surface area contributed by atoms with Crippen LogP contribution in [0.25, 0.3) is 11.4 Å². The van der Waals surface area contributed by atoms with Gasteiger partial charge in [0, 0.05) is 34.1 Å². The molecule has 0 spiro atoms. The maximum Gasteiger partial charge on any atom is 0.213 e. The Kier molecular flexibility index (Phi) is 8.47. The summed E-state index contributed by atoms with van der Waals surface area (Å²) in [6.07, 6.45) is 4.74. The highest BCUT2D eigenvalue weighted by molar-refractivity contribution is 8.01. The van der Waals surface area contributed by atoms with Crippen molar-refractivity contribution in [2.24, 2.45) is 10.2 Å². The maximum absolute atomic E-state index is 4.95. The Morgan fingerprint density at radius 1 is 0.617 bits per heavy atom. The van der Waals surface area contributed by atoms with E-state index in [0.29, 0.717) is 0 Å². The van der Waals surface area contributed by atoms with Crippen LogP contribution >= 0.6 is 47.0 Å². The molecule has 47 heavy (non-hydrogen) atoms. The Morgan fingerprint density at radius 3 is 1.51 bits per heavy atom. The molecule has 2 aromatic carbocycles. The Labute approximate surface area is 287 Å². The van der Waals surface area contributed by atoms with Crippen LogP contribution in [0.1, 0.15) is 28.9 Å². The molecule has 2 aliphatic heterocycles. The zero-order valence-electron chi connectivity index (χ0n) is 25.5. The molecule has 0 saturated carbocycles. The topological polar surface area (TPSA) is 122 Å². The average molecular weight is 697 g/mol. The quantitative estimate of drug-likeness (QED) is 0.127. The normalized spacial score (nSPS) is 14.1. The molecule has 0 N–H and O–H groups in total. The van der Waals surface area contributed by atoms with Gasteiger partial charge in [-0.3, -0.25) is 0 Å². The molecule has 0 bridgehead atoms. The van der Waals surface area contributed by atoms with Gasteiger partial charge in [-0.1, -0.05) is 83.4 Å². The third kappa shape index (κ3) is 5.94. The van der Waals surface area contributed by atoms with Gasteiger partial charge in [0.25, 0.3) is 0 Å². The van der Waals surface area contributed by atoms with Crippen LogP contribution in [0.15, 0.2) is 104 Å². The minimum Gasteiger partial charge on any atom is -0.237 e. The molecule has 0 amide bonds. The van der Waals surface area contributed by atoms with Gasteiger partial charge >= 0.3 is 0 Å². The average Bonchev–Trinajstić information content (AvgIpc) is 3.90. The van der Waals surface area contributed by atoms with E-state index in [1.54, 1.807) is 47.0 Å². The lowest BCUT2D eigenvalue weighted by molar-refractivity contribution is 0.692. The number of para-hydroxylation sites is 2. The van der Waals surface area contributed by atoms with Crippen molar-refractivity contribution in [3.8, 4) is 11.4 Å². The van der Waals surface area contributed by atoms with Crippen LogP contribution in [-0.2, 0) is 0 Å². The van der Waals surface area contributed by atoms with E-state index in [9.17, 15) is 0 Å². The molecule has 8 rings (SSSR count). The highest BCUT2D eigenvalue weighted by Gasteiger charge is 2.24. The fourth-order valence-corrected chi connectivity index (χ4v) is 8.89.